The van der Waals surface area contributed by atoms with Crippen molar-refractivity contribution in [2.75, 3.05) is 0 Å². The van der Waals surface area contributed by atoms with Gasteiger partial charge in [-0.1, -0.05) is 188 Å². The SMILES string of the molecule is N=C(/C=C(/c1ccccc1)c1cccc2ccc(-c3cccc(-c4nc(-c5ccccc5)cc(-c5ccc(-n6c7ccccc7c7ccccc76)cc5)n4)c3)cc12)c1ccccc1. The number of benzene rings is 9. The van der Waals surface area contributed by atoms with E-state index in [1.165, 1.54) is 21.8 Å². The normalized spacial score (nSPS) is 11.7. The third-order valence-electron chi connectivity index (χ3n) is 11.9. The molecule has 11 aromatic rings. The Labute approximate surface area is 366 Å². The highest BCUT2D eigenvalue weighted by atomic mass is 15.0. The van der Waals surface area contributed by atoms with Gasteiger partial charge in [0.2, 0.25) is 0 Å². The molecular formula is C59H40N4. The average Bonchev–Trinajstić information content (AvgIpc) is 3.70. The van der Waals surface area contributed by atoms with Crippen LogP contribution in [-0.4, -0.2) is 20.2 Å². The minimum atomic E-state index is 0.464. The fourth-order valence-corrected chi connectivity index (χ4v) is 8.77. The summed E-state index contributed by atoms with van der Waals surface area (Å²) >= 11 is 0. The van der Waals surface area contributed by atoms with Crippen LogP contribution in [-0.2, 0) is 0 Å². The number of nitrogens with one attached hydrogen (secondary N) is 1. The molecule has 0 radical (unpaired) electrons. The molecule has 63 heavy (non-hydrogen) atoms. The van der Waals surface area contributed by atoms with Gasteiger partial charge in [0.1, 0.15) is 0 Å². The minimum absolute atomic E-state index is 0.464. The van der Waals surface area contributed by atoms with Gasteiger partial charge in [0.15, 0.2) is 5.82 Å². The van der Waals surface area contributed by atoms with Crippen LogP contribution in [0.1, 0.15) is 16.7 Å². The number of hydrogen-bond donors (Lipinski definition) is 1. The van der Waals surface area contributed by atoms with E-state index < -0.39 is 0 Å². The van der Waals surface area contributed by atoms with Crippen molar-refractivity contribution in [3.63, 3.8) is 0 Å². The molecule has 0 aliphatic rings. The molecule has 11 rings (SSSR count). The van der Waals surface area contributed by atoms with E-state index in [1.54, 1.807) is 0 Å². The van der Waals surface area contributed by atoms with Crippen LogP contribution in [0.3, 0.4) is 0 Å². The maximum Gasteiger partial charge on any atom is 0.160 e. The molecule has 2 heterocycles. The molecule has 1 N–H and O–H groups in total. The average molecular weight is 805 g/mol. The van der Waals surface area contributed by atoms with Gasteiger partial charge in [0.05, 0.1) is 28.1 Å². The molecule has 0 atom stereocenters. The highest BCUT2D eigenvalue weighted by molar-refractivity contribution is 6.14. The van der Waals surface area contributed by atoms with Crippen LogP contribution in [0, 0.1) is 5.41 Å². The molecule has 9 aromatic carbocycles. The highest BCUT2D eigenvalue weighted by Crippen LogP contribution is 2.36. The van der Waals surface area contributed by atoms with Gasteiger partial charge in [-0.15, -0.1) is 0 Å². The lowest BCUT2D eigenvalue weighted by Crippen LogP contribution is -1.98. The number of allylic oxidation sites excluding steroid dienone is 1. The Hall–Kier alpha value is -8.47. The molecule has 0 spiro atoms. The van der Waals surface area contributed by atoms with Crippen molar-refractivity contribution in [1.82, 2.24) is 14.5 Å². The number of rotatable bonds is 9. The number of para-hydroxylation sites is 2. The lowest BCUT2D eigenvalue weighted by molar-refractivity contribution is 1.17. The van der Waals surface area contributed by atoms with Crippen molar-refractivity contribution < 1.29 is 0 Å². The second kappa shape index (κ2) is 16.2. The molecule has 296 valence electrons. The number of fused-ring (bicyclic) bond motifs is 4. The van der Waals surface area contributed by atoms with Crippen molar-refractivity contribution in [3.05, 3.63) is 253 Å². The predicted molar refractivity (Wildman–Crippen MR) is 262 cm³/mol. The van der Waals surface area contributed by atoms with E-state index in [0.717, 1.165) is 77.9 Å². The Balaban J connectivity index is 0.995. The Morgan fingerprint density at radius 3 is 1.60 bits per heavy atom. The van der Waals surface area contributed by atoms with E-state index in [2.05, 4.69) is 193 Å². The first-order chi connectivity index (χ1) is 31.1. The summed E-state index contributed by atoms with van der Waals surface area (Å²) in [6, 6.07) is 80.3. The third-order valence-corrected chi connectivity index (χ3v) is 11.9. The van der Waals surface area contributed by atoms with Gasteiger partial charge in [-0.05, 0) is 92.7 Å². The standard InChI is InChI=1S/C59H40N4/c60-54(42-18-6-2-7-19-42)38-53(40-16-4-1-5-17-40)49-27-15-22-41-30-31-46(37-52(41)49)45-23-14-24-47(36-45)59-61-55(43-20-8-3-9-21-43)39-56(62-59)44-32-34-48(35-33-44)63-57-28-12-10-25-50(57)51-26-11-13-29-58(51)63/h1-39,60H/b53-38-,60-54?. The van der Waals surface area contributed by atoms with Gasteiger partial charge >= 0.3 is 0 Å². The van der Waals surface area contributed by atoms with Crippen LogP contribution < -0.4 is 0 Å². The van der Waals surface area contributed by atoms with Gasteiger partial charge < -0.3 is 9.98 Å². The van der Waals surface area contributed by atoms with Crippen LogP contribution in [0.4, 0.5) is 0 Å². The molecule has 4 nitrogen and oxygen atoms in total. The van der Waals surface area contributed by atoms with E-state index in [0.29, 0.717) is 11.5 Å². The first kappa shape index (κ1) is 37.5. The van der Waals surface area contributed by atoms with Gasteiger partial charge in [0, 0.05) is 33.2 Å². The predicted octanol–water partition coefficient (Wildman–Crippen LogP) is 14.9. The van der Waals surface area contributed by atoms with E-state index in [4.69, 9.17) is 15.4 Å². The van der Waals surface area contributed by atoms with Gasteiger partial charge in [0.25, 0.3) is 0 Å². The summed E-state index contributed by atoms with van der Waals surface area (Å²) in [6.07, 6.45) is 2.00. The molecule has 0 amide bonds. The fraction of sp³-hybridized carbons (Fsp3) is 0. The lowest BCUT2D eigenvalue weighted by atomic mass is 9.90. The summed E-state index contributed by atoms with van der Waals surface area (Å²) in [7, 11) is 0. The van der Waals surface area contributed by atoms with E-state index in [1.807, 2.05) is 48.5 Å². The summed E-state index contributed by atoms with van der Waals surface area (Å²) in [5, 5.41) is 13.8. The van der Waals surface area contributed by atoms with Crippen LogP contribution in [0.2, 0.25) is 0 Å². The summed E-state index contributed by atoms with van der Waals surface area (Å²) in [4.78, 5) is 10.4. The van der Waals surface area contributed by atoms with Crippen LogP contribution in [0.25, 0.3) is 88.9 Å². The summed E-state index contributed by atoms with van der Waals surface area (Å²) in [6.45, 7) is 0. The third kappa shape index (κ3) is 7.20. The van der Waals surface area contributed by atoms with Gasteiger partial charge in [-0.3, -0.25) is 0 Å². The molecule has 0 bridgehead atoms. The minimum Gasteiger partial charge on any atom is -0.309 e. The second-order valence-corrected chi connectivity index (χ2v) is 15.8. The Morgan fingerprint density at radius 1 is 0.397 bits per heavy atom. The van der Waals surface area contributed by atoms with Crippen molar-refractivity contribution >= 4 is 43.9 Å². The first-order valence-corrected chi connectivity index (χ1v) is 21.2. The highest BCUT2D eigenvalue weighted by Gasteiger charge is 2.16. The molecule has 0 fully saturated rings. The lowest BCUT2D eigenvalue weighted by Gasteiger charge is -2.14. The van der Waals surface area contributed by atoms with Crippen LogP contribution in [0.5, 0.6) is 0 Å². The molecule has 0 saturated heterocycles. The number of nitrogens with zero attached hydrogens (tertiary/aromatic N) is 3. The molecule has 0 aliphatic carbocycles. The first-order valence-electron chi connectivity index (χ1n) is 21.2. The molecule has 0 aliphatic heterocycles. The Morgan fingerprint density at radius 2 is 0.921 bits per heavy atom. The molecular weight excluding hydrogens is 765 g/mol. The van der Waals surface area contributed by atoms with Crippen LogP contribution in [0.15, 0.2) is 237 Å². The Kier molecular flexibility index (Phi) is 9.64. The van der Waals surface area contributed by atoms with Crippen molar-refractivity contribution in [2.45, 2.75) is 0 Å². The van der Waals surface area contributed by atoms with Crippen LogP contribution >= 0.6 is 0 Å². The number of aromatic nitrogens is 3. The zero-order valence-electron chi connectivity index (χ0n) is 34.4. The molecule has 2 aromatic heterocycles. The topological polar surface area (TPSA) is 54.6 Å². The van der Waals surface area contributed by atoms with Crippen molar-refractivity contribution in [1.29, 1.82) is 5.41 Å². The molecule has 0 unspecified atom stereocenters. The van der Waals surface area contributed by atoms with Gasteiger partial charge in [-0.2, -0.15) is 0 Å². The smallest absolute Gasteiger partial charge is 0.160 e. The van der Waals surface area contributed by atoms with Gasteiger partial charge in [-0.25, -0.2) is 9.97 Å². The fourth-order valence-electron chi connectivity index (χ4n) is 8.77. The van der Waals surface area contributed by atoms with E-state index >= 15 is 0 Å². The summed E-state index contributed by atoms with van der Waals surface area (Å²) < 4.78 is 2.34. The Bertz CT molecular complexity index is 3440. The summed E-state index contributed by atoms with van der Waals surface area (Å²) in [5.74, 6) is 0.662. The van der Waals surface area contributed by atoms with Crippen molar-refractivity contribution in [3.8, 4) is 50.7 Å². The number of hydrogen-bond acceptors (Lipinski definition) is 3. The summed E-state index contributed by atoms with van der Waals surface area (Å²) in [5.41, 5.74) is 14.8. The quantitative estimate of drug-likeness (QED) is 0.148. The zero-order chi connectivity index (χ0) is 42.1. The molecule has 4 heteroatoms. The maximum atomic E-state index is 9.09. The molecule has 0 saturated carbocycles. The zero-order valence-corrected chi connectivity index (χ0v) is 34.4. The monoisotopic (exact) mass is 804 g/mol. The maximum absolute atomic E-state index is 9.09. The second-order valence-electron chi connectivity index (χ2n) is 15.8. The van der Waals surface area contributed by atoms with E-state index in [9.17, 15) is 0 Å². The van der Waals surface area contributed by atoms with Crippen molar-refractivity contribution in [2.24, 2.45) is 0 Å². The van der Waals surface area contributed by atoms with E-state index in [-0.39, 0.29) is 0 Å². The largest absolute Gasteiger partial charge is 0.309 e.